The zero-order valence-electron chi connectivity index (χ0n) is 10.1. The SMILES string of the molecule is COC(=O)Cc1nc2c(=O)[nH]c(=O)n(C)c2[nH]c1=O. The minimum absolute atomic E-state index is 0.00707. The maximum Gasteiger partial charge on any atom is 0.329 e. The number of carbonyl (C=O) groups is 1. The zero-order valence-corrected chi connectivity index (χ0v) is 10.1. The molecular weight excluding hydrogens is 256 g/mol. The van der Waals surface area contributed by atoms with Crippen LogP contribution in [-0.2, 0) is 23.0 Å². The van der Waals surface area contributed by atoms with E-state index in [1.807, 2.05) is 4.98 Å². The van der Waals surface area contributed by atoms with Gasteiger partial charge in [0.15, 0.2) is 5.52 Å². The summed E-state index contributed by atoms with van der Waals surface area (Å²) in [7, 11) is 2.55. The largest absolute Gasteiger partial charge is 0.469 e. The van der Waals surface area contributed by atoms with Crippen LogP contribution in [-0.4, -0.2) is 32.6 Å². The molecule has 0 aliphatic carbocycles. The van der Waals surface area contributed by atoms with Crippen LogP contribution in [0.1, 0.15) is 5.69 Å². The second kappa shape index (κ2) is 4.52. The Kier molecular flexibility index (Phi) is 3.03. The number of aryl methyl sites for hydroxylation is 1. The smallest absolute Gasteiger partial charge is 0.329 e. The number of carbonyl (C=O) groups excluding carboxylic acids is 1. The Bertz CT molecular complexity index is 828. The Morgan fingerprint density at radius 3 is 2.58 bits per heavy atom. The second-order valence-corrected chi connectivity index (χ2v) is 3.78. The van der Waals surface area contributed by atoms with Gasteiger partial charge in [-0.05, 0) is 0 Å². The molecule has 0 saturated heterocycles. The molecule has 9 heteroatoms. The molecule has 2 aromatic rings. The number of nitrogens with zero attached hydrogens (tertiary/aromatic N) is 2. The van der Waals surface area contributed by atoms with E-state index in [0.29, 0.717) is 0 Å². The fourth-order valence-corrected chi connectivity index (χ4v) is 1.55. The number of aromatic nitrogens is 4. The van der Waals surface area contributed by atoms with Crippen LogP contribution in [0, 0.1) is 0 Å². The van der Waals surface area contributed by atoms with Crippen molar-refractivity contribution in [2.24, 2.45) is 7.05 Å². The summed E-state index contributed by atoms with van der Waals surface area (Å²) in [5, 5.41) is 0. The summed E-state index contributed by atoms with van der Waals surface area (Å²) >= 11 is 0. The fraction of sp³-hybridized carbons (Fsp3) is 0.300. The Hall–Kier alpha value is -2.71. The second-order valence-electron chi connectivity index (χ2n) is 3.78. The van der Waals surface area contributed by atoms with Gasteiger partial charge in [0.25, 0.3) is 11.1 Å². The summed E-state index contributed by atoms with van der Waals surface area (Å²) in [6.45, 7) is 0. The van der Waals surface area contributed by atoms with E-state index in [-0.39, 0.29) is 23.3 Å². The predicted octanol–water partition coefficient (Wildman–Crippen LogP) is -1.97. The van der Waals surface area contributed by atoms with Crippen molar-refractivity contribution < 1.29 is 9.53 Å². The van der Waals surface area contributed by atoms with Gasteiger partial charge in [-0.1, -0.05) is 0 Å². The standard InChI is InChI=1S/C10H10N4O5/c1-14-7-6(9(17)13-10(14)18)11-4(8(16)12-7)3-5(15)19-2/h3H2,1-2H3,(H,12,16)(H,13,17,18). The van der Waals surface area contributed by atoms with Gasteiger partial charge in [-0.25, -0.2) is 9.78 Å². The number of fused-ring (bicyclic) bond motifs is 1. The summed E-state index contributed by atoms with van der Waals surface area (Å²) in [5.41, 5.74) is -2.34. The van der Waals surface area contributed by atoms with E-state index < -0.39 is 22.8 Å². The molecule has 19 heavy (non-hydrogen) atoms. The number of hydrogen-bond donors (Lipinski definition) is 2. The van der Waals surface area contributed by atoms with Gasteiger partial charge < -0.3 is 9.72 Å². The Morgan fingerprint density at radius 2 is 1.95 bits per heavy atom. The van der Waals surface area contributed by atoms with Crippen molar-refractivity contribution in [3.63, 3.8) is 0 Å². The van der Waals surface area contributed by atoms with Crippen molar-refractivity contribution in [1.82, 2.24) is 19.5 Å². The average Bonchev–Trinajstić information content (AvgIpc) is 2.37. The Balaban J connectivity index is 2.77. The van der Waals surface area contributed by atoms with Gasteiger partial charge in [-0.2, -0.15) is 0 Å². The molecule has 0 aromatic carbocycles. The predicted molar refractivity (Wildman–Crippen MR) is 63.9 cm³/mol. The lowest BCUT2D eigenvalue weighted by atomic mass is 10.3. The van der Waals surface area contributed by atoms with Crippen molar-refractivity contribution in [3.05, 3.63) is 36.9 Å². The number of hydrogen-bond acceptors (Lipinski definition) is 6. The Morgan fingerprint density at radius 1 is 1.26 bits per heavy atom. The molecule has 0 saturated carbocycles. The van der Waals surface area contributed by atoms with Crippen molar-refractivity contribution in [1.29, 1.82) is 0 Å². The molecule has 0 aliphatic rings. The molecule has 2 heterocycles. The minimum Gasteiger partial charge on any atom is -0.469 e. The molecule has 0 fully saturated rings. The summed E-state index contributed by atoms with van der Waals surface area (Å²) < 4.78 is 5.47. The maximum atomic E-state index is 11.7. The first-order chi connectivity index (χ1) is 8.93. The van der Waals surface area contributed by atoms with Crippen molar-refractivity contribution in [2.75, 3.05) is 7.11 Å². The number of rotatable bonds is 2. The third kappa shape index (κ3) is 2.17. The molecule has 0 aliphatic heterocycles. The number of aromatic amines is 2. The van der Waals surface area contributed by atoms with E-state index in [2.05, 4.69) is 14.7 Å². The van der Waals surface area contributed by atoms with Gasteiger partial charge in [0.2, 0.25) is 0 Å². The molecule has 2 N–H and O–H groups in total. The molecule has 0 unspecified atom stereocenters. The van der Waals surface area contributed by atoms with Crippen LogP contribution in [0.5, 0.6) is 0 Å². The van der Waals surface area contributed by atoms with Gasteiger partial charge in [-0.15, -0.1) is 0 Å². The molecule has 0 radical (unpaired) electrons. The van der Waals surface area contributed by atoms with E-state index in [9.17, 15) is 19.2 Å². The highest BCUT2D eigenvalue weighted by molar-refractivity contribution is 5.73. The molecule has 2 rings (SSSR count). The van der Waals surface area contributed by atoms with Gasteiger partial charge in [0.1, 0.15) is 11.3 Å². The van der Waals surface area contributed by atoms with Gasteiger partial charge >= 0.3 is 11.7 Å². The van der Waals surface area contributed by atoms with Crippen LogP contribution in [0.25, 0.3) is 11.2 Å². The summed E-state index contributed by atoms with van der Waals surface area (Å²) in [4.78, 5) is 54.0. The zero-order chi connectivity index (χ0) is 14.2. The first-order valence-electron chi connectivity index (χ1n) is 5.23. The highest BCUT2D eigenvalue weighted by atomic mass is 16.5. The van der Waals surface area contributed by atoms with E-state index >= 15 is 0 Å². The number of esters is 1. The third-order valence-corrected chi connectivity index (χ3v) is 2.58. The van der Waals surface area contributed by atoms with Gasteiger partial charge in [-0.3, -0.25) is 23.9 Å². The quantitative estimate of drug-likeness (QED) is 0.607. The molecule has 9 nitrogen and oxygen atoms in total. The van der Waals surface area contributed by atoms with Crippen LogP contribution >= 0.6 is 0 Å². The van der Waals surface area contributed by atoms with Crippen LogP contribution in [0.4, 0.5) is 0 Å². The first-order valence-corrected chi connectivity index (χ1v) is 5.23. The molecule has 100 valence electrons. The lowest BCUT2D eigenvalue weighted by molar-refractivity contribution is -0.139. The molecule has 0 bridgehead atoms. The summed E-state index contributed by atoms with van der Waals surface area (Å²) in [6, 6.07) is 0. The van der Waals surface area contributed by atoms with Crippen molar-refractivity contribution in [3.8, 4) is 0 Å². The molecular formula is C10H10N4O5. The van der Waals surface area contributed by atoms with E-state index in [0.717, 1.165) is 4.57 Å². The van der Waals surface area contributed by atoms with Crippen molar-refractivity contribution >= 4 is 17.1 Å². The fourth-order valence-electron chi connectivity index (χ4n) is 1.55. The monoisotopic (exact) mass is 266 g/mol. The maximum absolute atomic E-state index is 11.7. The minimum atomic E-state index is -0.736. The highest BCUT2D eigenvalue weighted by Gasteiger charge is 2.14. The van der Waals surface area contributed by atoms with Crippen LogP contribution < -0.4 is 16.8 Å². The summed E-state index contributed by atoms with van der Waals surface area (Å²) in [6.07, 6.45) is -0.357. The summed E-state index contributed by atoms with van der Waals surface area (Å²) in [5.74, 6) is -0.654. The third-order valence-electron chi connectivity index (χ3n) is 2.58. The van der Waals surface area contributed by atoms with Crippen molar-refractivity contribution in [2.45, 2.75) is 6.42 Å². The Labute approximate surface area is 104 Å². The topological polar surface area (TPSA) is 127 Å². The molecule has 2 aromatic heterocycles. The number of methoxy groups -OCH3 is 1. The molecule has 0 amide bonds. The molecule has 0 atom stereocenters. The van der Waals surface area contributed by atoms with E-state index in [1.165, 1.54) is 14.2 Å². The lowest BCUT2D eigenvalue weighted by Crippen LogP contribution is -2.32. The van der Waals surface area contributed by atoms with Crippen LogP contribution in [0.3, 0.4) is 0 Å². The van der Waals surface area contributed by atoms with E-state index in [1.54, 1.807) is 0 Å². The molecule has 0 spiro atoms. The van der Waals surface area contributed by atoms with Crippen LogP contribution in [0.15, 0.2) is 14.4 Å². The first kappa shape index (κ1) is 12.7. The highest BCUT2D eigenvalue weighted by Crippen LogP contribution is 1.99. The number of ether oxygens (including phenoxy) is 1. The lowest BCUT2D eigenvalue weighted by Gasteiger charge is -2.04. The number of H-pyrrole nitrogens is 2. The van der Waals surface area contributed by atoms with Gasteiger partial charge in [0.05, 0.1) is 13.5 Å². The van der Waals surface area contributed by atoms with Crippen LogP contribution in [0.2, 0.25) is 0 Å². The van der Waals surface area contributed by atoms with Gasteiger partial charge in [0, 0.05) is 7.05 Å². The average molecular weight is 266 g/mol. The normalized spacial score (nSPS) is 10.6. The van der Waals surface area contributed by atoms with E-state index in [4.69, 9.17) is 0 Å². The number of nitrogens with one attached hydrogen (secondary N) is 2.